The molecule has 0 fully saturated rings. The van der Waals surface area contributed by atoms with Crippen LogP contribution in [-0.4, -0.2) is 24.1 Å². The molecule has 2 aromatic rings. The summed E-state index contributed by atoms with van der Waals surface area (Å²) in [4.78, 5) is 24.4. The molecule has 0 heterocycles. The number of hydrogen-bond acceptors (Lipinski definition) is 6. The van der Waals surface area contributed by atoms with Crippen LogP contribution < -0.4 is 9.47 Å². The van der Waals surface area contributed by atoms with Gasteiger partial charge in [0, 0.05) is 18.9 Å². The standard InChI is InChI=1S/C27H30FNO5/c1-3-5-6-11-17-27(20-29,34-25(30)4-2)18-12-19-32-23-15-9-7-13-21(23)26(31)33-24-16-10-8-14-22(24)28/h4,7-10,13-16H,2-3,5-6,11-12,17-19H2,1H3. The van der Waals surface area contributed by atoms with Gasteiger partial charge in [-0.1, -0.05) is 57.0 Å². The summed E-state index contributed by atoms with van der Waals surface area (Å²) in [5.41, 5.74) is -1.11. The fourth-order valence-electron chi connectivity index (χ4n) is 3.42. The maximum absolute atomic E-state index is 13.8. The van der Waals surface area contributed by atoms with Crippen LogP contribution in [-0.2, 0) is 9.53 Å². The van der Waals surface area contributed by atoms with Gasteiger partial charge >= 0.3 is 11.9 Å². The Morgan fingerprint density at radius 1 is 1.03 bits per heavy atom. The van der Waals surface area contributed by atoms with Crippen LogP contribution in [0, 0.1) is 17.1 Å². The molecule has 1 atom stereocenters. The zero-order chi connectivity index (χ0) is 24.8. The van der Waals surface area contributed by atoms with E-state index in [9.17, 15) is 19.2 Å². The Kier molecular flexibility index (Phi) is 10.8. The monoisotopic (exact) mass is 467 g/mol. The predicted molar refractivity (Wildman–Crippen MR) is 126 cm³/mol. The molecule has 0 amide bonds. The largest absolute Gasteiger partial charge is 0.493 e. The summed E-state index contributed by atoms with van der Waals surface area (Å²) in [5, 5.41) is 9.78. The van der Waals surface area contributed by atoms with E-state index < -0.39 is 23.4 Å². The normalized spacial score (nSPS) is 12.1. The second-order valence-electron chi connectivity index (χ2n) is 7.81. The molecule has 180 valence electrons. The summed E-state index contributed by atoms with van der Waals surface area (Å²) >= 11 is 0. The Bertz CT molecular complexity index is 1020. The van der Waals surface area contributed by atoms with Crippen LogP contribution in [0.5, 0.6) is 11.5 Å². The maximum atomic E-state index is 13.8. The third-order valence-corrected chi connectivity index (χ3v) is 5.23. The Morgan fingerprint density at radius 3 is 2.38 bits per heavy atom. The zero-order valence-electron chi connectivity index (χ0n) is 19.4. The van der Waals surface area contributed by atoms with Gasteiger partial charge < -0.3 is 14.2 Å². The number of unbranched alkanes of at least 4 members (excludes halogenated alkanes) is 3. The number of halogens is 1. The number of esters is 2. The molecule has 0 spiro atoms. The molecule has 6 nitrogen and oxygen atoms in total. The van der Waals surface area contributed by atoms with Crippen molar-refractivity contribution >= 4 is 11.9 Å². The number of hydrogen-bond donors (Lipinski definition) is 0. The van der Waals surface area contributed by atoms with Gasteiger partial charge in [-0.2, -0.15) is 5.26 Å². The van der Waals surface area contributed by atoms with Crippen molar-refractivity contribution in [2.45, 2.75) is 57.5 Å². The Labute approximate surface area is 199 Å². The lowest BCUT2D eigenvalue weighted by Gasteiger charge is -2.26. The minimum absolute atomic E-state index is 0.148. The fourth-order valence-corrected chi connectivity index (χ4v) is 3.42. The molecular weight excluding hydrogens is 437 g/mol. The summed E-state index contributed by atoms with van der Waals surface area (Å²) in [5.74, 6) is -1.93. The van der Waals surface area contributed by atoms with Crippen LogP contribution in [0.3, 0.4) is 0 Å². The molecule has 0 aliphatic carbocycles. The van der Waals surface area contributed by atoms with Gasteiger partial charge in [0.15, 0.2) is 17.2 Å². The molecule has 0 aliphatic rings. The van der Waals surface area contributed by atoms with Crippen LogP contribution in [0.15, 0.2) is 61.2 Å². The van der Waals surface area contributed by atoms with Crippen molar-refractivity contribution in [1.29, 1.82) is 5.26 Å². The van der Waals surface area contributed by atoms with Crippen LogP contribution in [0.2, 0.25) is 0 Å². The Balaban J connectivity index is 2.01. The summed E-state index contributed by atoms with van der Waals surface area (Å²) in [6, 6.07) is 14.3. The van der Waals surface area contributed by atoms with E-state index in [1.807, 2.05) is 0 Å². The lowest BCUT2D eigenvalue weighted by Crippen LogP contribution is -2.33. The molecule has 2 aromatic carbocycles. The summed E-state index contributed by atoms with van der Waals surface area (Å²) < 4.78 is 30.2. The second kappa shape index (κ2) is 13.8. The first-order valence-corrected chi connectivity index (χ1v) is 11.4. The highest BCUT2D eigenvalue weighted by molar-refractivity contribution is 5.94. The second-order valence-corrected chi connectivity index (χ2v) is 7.81. The zero-order valence-corrected chi connectivity index (χ0v) is 19.4. The first kappa shape index (κ1) is 26.6. The number of para-hydroxylation sites is 2. The van der Waals surface area contributed by atoms with Gasteiger partial charge in [0.25, 0.3) is 0 Å². The molecule has 0 radical (unpaired) electrons. The number of nitriles is 1. The lowest BCUT2D eigenvalue weighted by molar-refractivity contribution is -0.149. The molecule has 1 unspecified atom stereocenters. The van der Waals surface area contributed by atoms with Gasteiger partial charge in [-0.15, -0.1) is 0 Å². The average Bonchev–Trinajstić information content (AvgIpc) is 2.85. The Hall–Kier alpha value is -3.66. The highest BCUT2D eigenvalue weighted by atomic mass is 19.1. The number of carbonyl (C=O) groups is 2. The van der Waals surface area contributed by atoms with Gasteiger partial charge in [0.2, 0.25) is 0 Å². The highest BCUT2D eigenvalue weighted by Gasteiger charge is 2.33. The molecular formula is C27H30FNO5. The summed E-state index contributed by atoms with van der Waals surface area (Å²) in [6.45, 7) is 5.68. The molecule has 2 rings (SSSR count). The number of nitrogens with zero attached hydrogens (tertiary/aromatic N) is 1. The molecule has 0 bridgehead atoms. The molecule has 7 heteroatoms. The molecule has 0 saturated carbocycles. The van der Waals surface area contributed by atoms with Gasteiger partial charge in [0.05, 0.1) is 6.61 Å². The highest BCUT2D eigenvalue weighted by Crippen LogP contribution is 2.27. The number of ether oxygens (including phenoxy) is 3. The topological polar surface area (TPSA) is 85.6 Å². The first-order chi connectivity index (χ1) is 16.4. The van der Waals surface area contributed by atoms with Crippen molar-refractivity contribution in [2.24, 2.45) is 0 Å². The summed E-state index contributed by atoms with van der Waals surface area (Å²) in [7, 11) is 0. The molecule has 0 saturated heterocycles. The van der Waals surface area contributed by atoms with E-state index in [1.54, 1.807) is 24.3 Å². The average molecular weight is 468 g/mol. The van der Waals surface area contributed by atoms with Gasteiger partial charge in [-0.05, 0) is 37.1 Å². The smallest absolute Gasteiger partial charge is 0.347 e. The van der Waals surface area contributed by atoms with Crippen molar-refractivity contribution < 1.29 is 28.2 Å². The predicted octanol–water partition coefficient (Wildman–Crippen LogP) is 6.17. The molecule has 0 N–H and O–H groups in total. The van der Waals surface area contributed by atoms with Crippen LogP contribution in [0.1, 0.15) is 62.2 Å². The molecule has 0 aromatic heterocycles. The number of rotatable bonds is 14. The van der Waals surface area contributed by atoms with Crippen molar-refractivity contribution in [3.8, 4) is 17.6 Å². The van der Waals surface area contributed by atoms with E-state index in [0.29, 0.717) is 12.8 Å². The van der Waals surface area contributed by atoms with Gasteiger partial charge in [0.1, 0.15) is 17.4 Å². The lowest BCUT2D eigenvalue weighted by atomic mass is 9.92. The SMILES string of the molecule is C=CC(=O)OC(C#N)(CCCCCC)CCCOc1ccccc1C(=O)Oc1ccccc1F. The molecule has 0 aliphatic heterocycles. The van der Waals surface area contributed by atoms with Crippen molar-refractivity contribution in [1.82, 2.24) is 0 Å². The minimum Gasteiger partial charge on any atom is -0.493 e. The summed E-state index contributed by atoms with van der Waals surface area (Å²) in [6.07, 6.45) is 5.95. The van der Waals surface area contributed by atoms with Crippen LogP contribution in [0.25, 0.3) is 0 Å². The number of benzene rings is 2. The molecule has 34 heavy (non-hydrogen) atoms. The quantitative estimate of drug-likeness (QED) is 0.143. The third kappa shape index (κ3) is 8.04. The Morgan fingerprint density at radius 2 is 1.71 bits per heavy atom. The third-order valence-electron chi connectivity index (χ3n) is 5.23. The van der Waals surface area contributed by atoms with E-state index in [-0.39, 0.29) is 30.1 Å². The van der Waals surface area contributed by atoms with Crippen molar-refractivity contribution in [3.63, 3.8) is 0 Å². The van der Waals surface area contributed by atoms with E-state index in [0.717, 1.165) is 31.8 Å². The first-order valence-electron chi connectivity index (χ1n) is 11.4. The fraction of sp³-hybridized carbons (Fsp3) is 0.370. The minimum atomic E-state index is -1.26. The number of carbonyl (C=O) groups excluding carboxylic acids is 2. The van der Waals surface area contributed by atoms with E-state index >= 15 is 0 Å². The van der Waals surface area contributed by atoms with Crippen molar-refractivity contribution in [2.75, 3.05) is 6.61 Å². The van der Waals surface area contributed by atoms with Gasteiger partial charge in [-0.25, -0.2) is 14.0 Å². The van der Waals surface area contributed by atoms with Crippen LogP contribution >= 0.6 is 0 Å². The maximum Gasteiger partial charge on any atom is 0.347 e. The van der Waals surface area contributed by atoms with E-state index in [4.69, 9.17) is 14.2 Å². The van der Waals surface area contributed by atoms with Crippen molar-refractivity contribution in [3.05, 3.63) is 72.6 Å². The van der Waals surface area contributed by atoms with Gasteiger partial charge in [-0.3, -0.25) is 0 Å². The van der Waals surface area contributed by atoms with E-state index in [2.05, 4.69) is 19.6 Å². The van der Waals surface area contributed by atoms with Crippen LogP contribution in [0.4, 0.5) is 4.39 Å². The van der Waals surface area contributed by atoms with E-state index in [1.165, 1.54) is 24.3 Å².